The van der Waals surface area contributed by atoms with Crippen molar-refractivity contribution in [3.63, 3.8) is 0 Å². The number of hydrogen-bond donors (Lipinski definition) is 1. The largest absolute Gasteiger partial charge is 0.478 e. The molecule has 2 aliphatic carbocycles. The van der Waals surface area contributed by atoms with Gasteiger partial charge in [0.1, 0.15) is 16.9 Å². The second-order valence-corrected chi connectivity index (χ2v) is 6.42. The topological polar surface area (TPSA) is 50.4 Å². The van der Waals surface area contributed by atoms with Crippen LogP contribution in [0.4, 0.5) is 0 Å². The first-order chi connectivity index (χ1) is 9.61. The van der Waals surface area contributed by atoms with Crippen molar-refractivity contribution in [3.05, 3.63) is 35.1 Å². The quantitative estimate of drug-likeness (QED) is 0.874. The highest BCUT2D eigenvalue weighted by Gasteiger charge is 2.55. The van der Waals surface area contributed by atoms with Gasteiger partial charge in [-0.1, -0.05) is 18.9 Å². The van der Waals surface area contributed by atoms with Crippen molar-refractivity contribution in [1.29, 1.82) is 0 Å². The summed E-state index contributed by atoms with van der Waals surface area (Å²) in [5.41, 5.74) is 2.84. The molecule has 3 nitrogen and oxygen atoms in total. The first-order valence-corrected chi connectivity index (χ1v) is 7.37. The zero-order valence-corrected chi connectivity index (χ0v) is 11.6. The molecule has 1 unspecified atom stereocenters. The third-order valence-corrected chi connectivity index (χ3v) is 5.29. The standard InChI is InChI=1S/C17H18O3/c1-10-15(16(18)19)12-8-11(4-5-14(12)20-10)13-9-17(13)6-2-3-7-17/h4-5,8,13H,2-3,6-7,9H2,1H3,(H,18,19). The average molecular weight is 270 g/mol. The van der Waals surface area contributed by atoms with Crippen molar-refractivity contribution in [2.24, 2.45) is 5.41 Å². The molecular weight excluding hydrogens is 252 g/mol. The van der Waals surface area contributed by atoms with Crippen molar-refractivity contribution in [3.8, 4) is 0 Å². The van der Waals surface area contributed by atoms with Gasteiger partial charge >= 0.3 is 5.97 Å². The van der Waals surface area contributed by atoms with Crippen molar-refractivity contribution in [2.75, 3.05) is 0 Å². The molecule has 1 aromatic heterocycles. The van der Waals surface area contributed by atoms with Crippen LogP contribution in [0.1, 0.15) is 59.7 Å². The Balaban J connectivity index is 1.79. The summed E-state index contributed by atoms with van der Waals surface area (Å²) in [6.45, 7) is 1.72. The summed E-state index contributed by atoms with van der Waals surface area (Å²) in [5.74, 6) is 0.229. The van der Waals surface area contributed by atoms with Crippen LogP contribution in [0.25, 0.3) is 11.0 Å². The lowest BCUT2D eigenvalue weighted by Crippen LogP contribution is -1.98. The molecule has 0 bridgehead atoms. The van der Waals surface area contributed by atoms with Gasteiger partial charge in [-0.25, -0.2) is 4.79 Å². The summed E-state index contributed by atoms with van der Waals surface area (Å²) in [6.07, 6.45) is 6.66. The predicted octanol–water partition coefficient (Wildman–Crippen LogP) is 4.49. The van der Waals surface area contributed by atoms with Gasteiger partial charge in [0.05, 0.1) is 0 Å². The third-order valence-electron chi connectivity index (χ3n) is 5.29. The molecule has 1 heterocycles. The Morgan fingerprint density at radius 3 is 2.80 bits per heavy atom. The maximum Gasteiger partial charge on any atom is 0.339 e. The minimum absolute atomic E-state index is 0.322. The molecule has 4 rings (SSSR count). The highest BCUT2D eigenvalue weighted by atomic mass is 16.4. The molecule has 0 saturated heterocycles. The highest BCUT2D eigenvalue weighted by molar-refractivity contribution is 6.03. The van der Waals surface area contributed by atoms with Crippen molar-refractivity contribution >= 4 is 16.9 Å². The maximum atomic E-state index is 11.4. The van der Waals surface area contributed by atoms with Crippen LogP contribution in [0.5, 0.6) is 0 Å². The molecule has 2 fully saturated rings. The van der Waals surface area contributed by atoms with Crippen LogP contribution < -0.4 is 0 Å². The van der Waals surface area contributed by atoms with Crippen LogP contribution in [0.3, 0.4) is 0 Å². The fraction of sp³-hybridized carbons (Fsp3) is 0.471. The van der Waals surface area contributed by atoms with Crippen LogP contribution in [-0.4, -0.2) is 11.1 Å². The zero-order chi connectivity index (χ0) is 13.9. The summed E-state index contributed by atoms with van der Waals surface area (Å²) in [7, 11) is 0. The van der Waals surface area contributed by atoms with Crippen LogP contribution in [0, 0.1) is 12.3 Å². The Morgan fingerprint density at radius 2 is 2.10 bits per heavy atom. The smallest absolute Gasteiger partial charge is 0.339 e. The zero-order valence-electron chi connectivity index (χ0n) is 11.6. The SMILES string of the molecule is Cc1oc2ccc(C3CC34CCCC4)cc2c1C(=O)O. The lowest BCUT2D eigenvalue weighted by Gasteiger charge is -2.08. The molecule has 0 aliphatic heterocycles. The number of hydrogen-bond acceptors (Lipinski definition) is 2. The highest BCUT2D eigenvalue weighted by Crippen LogP contribution is 2.67. The summed E-state index contributed by atoms with van der Waals surface area (Å²) in [4.78, 5) is 11.4. The van der Waals surface area contributed by atoms with Crippen LogP contribution >= 0.6 is 0 Å². The van der Waals surface area contributed by atoms with Gasteiger partial charge in [0, 0.05) is 5.39 Å². The molecule has 2 saturated carbocycles. The van der Waals surface area contributed by atoms with Crippen molar-refractivity contribution < 1.29 is 14.3 Å². The fourth-order valence-corrected chi connectivity index (χ4v) is 4.17. The van der Waals surface area contributed by atoms with E-state index in [0.717, 1.165) is 5.39 Å². The molecule has 3 heteroatoms. The van der Waals surface area contributed by atoms with E-state index in [1.54, 1.807) is 6.92 Å². The summed E-state index contributed by atoms with van der Waals surface area (Å²) >= 11 is 0. The number of carbonyl (C=O) groups is 1. The van der Waals surface area contributed by atoms with Gasteiger partial charge in [0.2, 0.25) is 0 Å². The van der Waals surface area contributed by atoms with Gasteiger partial charge in [-0.3, -0.25) is 0 Å². The number of carboxylic acid groups (broad SMARTS) is 1. The fourth-order valence-electron chi connectivity index (χ4n) is 4.17. The lowest BCUT2D eigenvalue weighted by atomic mass is 9.96. The van der Waals surface area contributed by atoms with Crippen LogP contribution in [0.2, 0.25) is 0 Å². The minimum Gasteiger partial charge on any atom is -0.478 e. The van der Waals surface area contributed by atoms with Crippen molar-refractivity contribution in [2.45, 2.75) is 44.9 Å². The predicted molar refractivity (Wildman–Crippen MR) is 76.2 cm³/mol. The van der Waals surface area contributed by atoms with Crippen LogP contribution in [0.15, 0.2) is 22.6 Å². The van der Waals surface area contributed by atoms with E-state index in [-0.39, 0.29) is 0 Å². The van der Waals surface area contributed by atoms with Gasteiger partial charge in [-0.15, -0.1) is 0 Å². The summed E-state index contributed by atoms with van der Waals surface area (Å²) in [6, 6.07) is 6.10. The van der Waals surface area contributed by atoms with Gasteiger partial charge in [-0.05, 0) is 55.2 Å². The van der Waals surface area contributed by atoms with E-state index in [9.17, 15) is 9.90 Å². The molecule has 1 aromatic carbocycles. The number of aryl methyl sites for hydroxylation is 1. The van der Waals surface area contributed by atoms with Gasteiger partial charge < -0.3 is 9.52 Å². The normalized spacial score (nSPS) is 23.6. The number of benzene rings is 1. The minimum atomic E-state index is -0.898. The molecule has 1 atom stereocenters. The van der Waals surface area contributed by atoms with E-state index in [4.69, 9.17) is 4.42 Å². The molecule has 1 N–H and O–H groups in total. The number of fused-ring (bicyclic) bond motifs is 1. The second-order valence-electron chi connectivity index (χ2n) is 6.42. The van der Waals surface area contributed by atoms with Gasteiger partial charge in [-0.2, -0.15) is 0 Å². The number of aromatic carboxylic acids is 1. The van der Waals surface area contributed by atoms with E-state index >= 15 is 0 Å². The Morgan fingerprint density at radius 1 is 1.35 bits per heavy atom. The molecule has 2 aromatic rings. The average Bonchev–Trinajstić information content (AvgIpc) is 2.76. The van der Waals surface area contributed by atoms with E-state index in [1.165, 1.54) is 37.7 Å². The van der Waals surface area contributed by atoms with E-state index in [2.05, 4.69) is 6.07 Å². The Hall–Kier alpha value is -1.77. The van der Waals surface area contributed by atoms with E-state index < -0.39 is 5.97 Å². The maximum absolute atomic E-state index is 11.4. The van der Waals surface area contributed by atoms with Gasteiger partial charge in [0.15, 0.2) is 0 Å². The Bertz CT molecular complexity index is 704. The van der Waals surface area contributed by atoms with Crippen molar-refractivity contribution in [1.82, 2.24) is 0 Å². The first kappa shape index (κ1) is 12.0. The van der Waals surface area contributed by atoms with Gasteiger partial charge in [0.25, 0.3) is 0 Å². The molecule has 0 radical (unpaired) electrons. The first-order valence-electron chi connectivity index (χ1n) is 7.37. The molecule has 1 spiro atoms. The van der Waals surface area contributed by atoms with E-state index in [0.29, 0.717) is 28.2 Å². The van der Waals surface area contributed by atoms with E-state index in [1.807, 2.05) is 12.1 Å². The second kappa shape index (κ2) is 3.87. The number of carboxylic acids is 1. The Labute approximate surface area is 117 Å². The Kier molecular flexibility index (Phi) is 2.33. The summed E-state index contributed by atoms with van der Waals surface area (Å²) in [5, 5.41) is 10.1. The molecular formula is C17H18O3. The monoisotopic (exact) mass is 270 g/mol. The summed E-state index contributed by atoms with van der Waals surface area (Å²) < 4.78 is 5.55. The number of furan rings is 1. The number of rotatable bonds is 2. The lowest BCUT2D eigenvalue weighted by molar-refractivity contribution is 0.0697. The third kappa shape index (κ3) is 1.55. The molecule has 0 amide bonds. The molecule has 104 valence electrons. The molecule has 2 aliphatic rings. The molecule has 20 heavy (non-hydrogen) atoms. The van der Waals surface area contributed by atoms with Crippen LogP contribution in [-0.2, 0) is 0 Å².